The highest BCUT2D eigenvalue weighted by atomic mass is 35.5. The van der Waals surface area contributed by atoms with Gasteiger partial charge in [0.2, 0.25) is 0 Å². The third-order valence-corrected chi connectivity index (χ3v) is 3.75. The van der Waals surface area contributed by atoms with Crippen molar-refractivity contribution in [3.63, 3.8) is 0 Å². The Morgan fingerprint density at radius 3 is 2.45 bits per heavy atom. The molecule has 0 amide bonds. The van der Waals surface area contributed by atoms with E-state index in [0.29, 0.717) is 39.6 Å². The van der Waals surface area contributed by atoms with E-state index in [9.17, 15) is 0 Å². The molecule has 0 atom stereocenters. The summed E-state index contributed by atoms with van der Waals surface area (Å²) in [6.45, 7) is 0.467. The van der Waals surface area contributed by atoms with Crippen molar-refractivity contribution in [1.82, 2.24) is 0 Å². The molecule has 0 fully saturated rings. The number of rotatable bonds is 5. The maximum atomic E-state index is 6.15. The normalized spacial score (nSPS) is 10.4. The van der Waals surface area contributed by atoms with E-state index < -0.39 is 0 Å². The van der Waals surface area contributed by atoms with Gasteiger partial charge in [-0.3, -0.25) is 0 Å². The second-order valence-electron chi connectivity index (χ2n) is 4.11. The maximum Gasteiger partial charge on any atom is 0.141 e. The Hall–Kier alpha value is -1.09. The molecule has 0 aliphatic rings. The monoisotopic (exact) mass is 330 g/mol. The third kappa shape index (κ3) is 3.72. The predicted octanol–water partition coefficient (Wildman–Crippen LogP) is 5.28. The standard InChI is InChI=1S/C15H13Cl3O2/c1-19-13-3-2-4-14(15(13)18)20-8-7-10-5-6-11(16)9-12(10)17/h2-6,9H,7-8H2,1H3. The van der Waals surface area contributed by atoms with Crippen LogP contribution in [0.25, 0.3) is 0 Å². The van der Waals surface area contributed by atoms with Crippen LogP contribution in [0.2, 0.25) is 15.1 Å². The van der Waals surface area contributed by atoms with Gasteiger partial charge in [0.05, 0.1) is 13.7 Å². The molecule has 20 heavy (non-hydrogen) atoms. The van der Waals surface area contributed by atoms with Crippen molar-refractivity contribution in [3.05, 3.63) is 57.0 Å². The SMILES string of the molecule is COc1cccc(OCCc2ccc(Cl)cc2Cl)c1Cl. The number of methoxy groups -OCH3 is 1. The molecule has 0 spiro atoms. The van der Waals surface area contributed by atoms with Crippen molar-refractivity contribution in [2.24, 2.45) is 0 Å². The molecule has 0 aromatic heterocycles. The Balaban J connectivity index is 1.99. The highest BCUT2D eigenvalue weighted by Gasteiger charge is 2.08. The van der Waals surface area contributed by atoms with Crippen molar-refractivity contribution >= 4 is 34.8 Å². The van der Waals surface area contributed by atoms with Gasteiger partial charge in [-0.05, 0) is 29.8 Å². The zero-order valence-electron chi connectivity index (χ0n) is 10.8. The summed E-state index contributed by atoms with van der Waals surface area (Å²) in [5.41, 5.74) is 0.982. The Labute approximate surface area is 133 Å². The lowest BCUT2D eigenvalue weighted by atomic mass is 10.1. The quantitative estimate of drug-likeness (QED) is 0.742. The van der Waals surface area contributed by atoms with E-state index in [2.05, 4.69) is 0 Å². The Bertz CT molecular complexity index is 600. The number of ether oxygens (including phenoxy) is 2. The van der Waals surface area contributed by atoms with Gasteiger partial charge < -0.3 is 9.47 Å². The minimum absolute atomic E-state index is 0.467. The van der Waals surface area contributed by atoms with Gasteiger partial charge in [0.1, 0.15) is 16.5 Å². The van der Waals surface area contributed by atoms with Crippen molar-refractivity contribution in [2.45, 2.75) is 6.42 Å². The fourth-order valence-corrected chi connectivity index (χ4v) is 2.52. The van der Waals surface area contributed by atoms with Gasteiger partial charge in [0.25, 0.3) is 0 Å². The second kappa shape index (κ2) is 7.07. The molecule has 0 aliphatic carbocycles. The third-order valence-electron chi connectivity index (χ3n) is 2.79. The number of halogens is 3. The topological polar surface area (TPSA) is 18.5 Å². The Kier molecular flexibility index (Phi) is 5.41. The van der Waals surface area contributed by atoms with Gasteiger partial charge in [-0.1, -0.05) is 46.9 Å². The Morgan fingerprint density at radius 2 is 1.75 bits per heavy atom. The van der Waals surface area contributed by atoms with Crippen molar-refractivity contribution in [1.29, 1.82) is 0 Å². The molecule has 0 saturated heterocycles. The molecule has 0 unspecified atom stereocenters. The van der Waals surface area contributed by atoms with E-state index >= 15 is 0 Å². The zero-order valence-corrected chi connectivity index (χ0v) is 13.1. The van der Waals surface area contributed by atoms with Crippen LogP contribution in [0, 0.1) is 0 Å². The average Bonchev–Trinajstić information content (AvgIpc) is 2.43. The number of benzene rings is 2. The molecule has 0 N–H and O–H groups in total. The fourth-order valence-electron chi connectivity index (χ4n) is 1.76. The van der Waals surface area contributed by atoms with Crippen molar-refractivity contribution in [2.75, 3.05) is 13.7 Å². The predicted molar refractivity (Wildman–Crippen MR) is 83.7 cm³/mol. The van der Waals surface area contributed by atoms with Crippen LogP contribution >= 0.6 is 34.8 Å². The molecular weight excluding hydrogens is 319 g/mol. The molecule has 0 bridgehead atoms. The molecule has 106 valence electrons. The van der Waals surface area contributed by atoms with Gasteiger partial charge in [0, 0.05) is 16.5 Å². The van der Waals surface area contributed by atoms with Crippen LogP contribution in [0.15, 0.2) is 36.4 Å². The summed E-state index contributed by atoms with van der Waals surface area (Å²) in [5.74, 6) is 1.18. The van der Waals surface area contributed by atoms with Crippen LogP contribution in [0.4, 0.5) is 0 Å². The summed E-state index contributed by atoms with van der Waals surface area (Å²) in [6, 6.07) is 10.8. The lowest BCUT2D eigenvalue weighted by Crippen LogP contribution is -2.02. The molecule has 2 aromatic rings. The van der Waals surface area contributed by atoms with Crippen LogP contribution in [0.3, 0.4) is 0 Å². The summed E-state index contributed by atoms with van der Waals surface area (Å²) in [4.78, 5) is 0. The fraction of sp³-hybridized carbons (Fsp3) is 0.200. The molecule has 0 radical (unpaired) electrons. The van der Waals surface area contributed by atoms with E-state index in [0.717, 1.165) is 5.56 Å². The van der Waals surface area contributed by atoms with Crippen molar-refractivity contribution < 1.29 is 9.47 Å². The largest absolute Gasteiger partial charge is 0.495 e. The second-order valence-corrected chi connectivity index (χ2v) is 5.33. The Morgan fingerprint density at radius 1 is 1.00 bits per heavy atom. The van der Waals surface area contributed by atoms with E-state index in [1.807, 2.05) is 12.1 Å². The summed E-state index contributed by atoms with van der Waals surface area (Å²) in [6.07, 6.45) is 0.670. The van der Waals surface area contributed by atoms with Crippen LogP contribution < -0.4 is 9.47 Å². The zero-order chi connectivity index (χ0) is 14.5. The molecule has 0 saturated carbocycles. The summed E-state index contributed by atoms with van der Waals surface area (Å²) in [5, 5.41) is 1.73. The van der Waals surface area contributed by atoms with Crippen LogP contribution in [-0.2, 0) is 6.42 Å². The minimum atomic E-state index is 0.467. The highest BCUT2D eigenvalue weighted by molar-refractivity contribution is 6.35. The lowest BCUT2D eigenvalue weighted by Gasteiger charge is -2.11. The summed E-state index contributed by atoms with van der Waals surface area (Å²) < 4.78 is 10.8. The van der Waals surface area contributed by atoms with E-state index in [-0.39, 0.29) is 0 Å². The molecule has 2 rings (SSSR count). The first kappa shape index (κ1) is 15.3. The van der Waals surface area contributed by atoms with Gasteiger partial charge in [-0.2, -0.15) is 0 Å². The highest BCUT2D eigenvalue weighted by Crippen LogP contribution is 2.33. The van der Waals surface area contributed by atoms with Gasteiger partial charge >= 0.3 is 0 Å². The maximum absolute atomic E-state index is 6.15. The van der Waals surface area contributed by atoms with E-state index in [1.165, 1.54) is 0 Å². The molecule has 2 aromatic carbocycles. The molecule has 5 heteroatoms. The molecular formula is C15H13Cl3O2. The molecule has 0 aliphatic heterocycles. The summed E-state index contributed by atoms with van der Waals surface area (Å²) >= 11 is 18.1. The lowest BCUT2D eigenvalue weighted by molar-refractivity contribution is 0.319. The molecule has 0 heterocycles. The van der Waals surface area contributed by atoms with Crippen LogP contribution in [0.5, 0.6) is 11.5 Å². The van der Waals surface area contributed by atoms with Crippen molar-refractivity contribution in [3.8, 4) is 11.5 Å². The van der Waals surface area contributed by atoms with E-state index in [4.69, 9.17) is 44.3 Å². The van der Waals surface area contributed by atoms with Crippen LogP contribution in [-0.4, -0.2) is 13.7 Å². The first-order valence-corrected chi connectivity index (χ1v) is 7.14. The van der Waals surface area contributed by atoms with Gasteiger partial charge in [-0.15, -0.1) is 0 Å². The van der Waals surface area contributed by atoms with Gasteiger partial charge in [0.15, 0.2) is 0 Å². The molecule has 2 nitrogen and oxygen atoms in total. The first-order chi connectivity index (χ1) is 9.61. The van der Waals surface area contributed by atoms with Gasteiger partial charge in [-0.25, -0.2) is 0 Å². The summed E-state index contributed by atoms with van der Waals surface area (Å²) in [7, 11) is 1.57. The van der Waals surface area contributed by atoms with Crippen LogP contribution in [0.1, 0.15) is 5.56 Å². The average molecular weight is 332 g/mol. The number of hydrogen-bond acceptors (Lipinski definition) is 2. The minimum Gasteiger partial charge on any atom is -0.495 e. The number of hydrogen-bond donors (Lipinski definition) is 0. The first-order valence-electron chi connectivity index (χ1n) is 6.01. The van der Waals surface area contributed by atoms with E-state index in [1.54, 1.807) is 31.4 Å². The smallest absolute Gasteiger partial charge is 0.141 e.